The number of ketones is 1. The smallest absolute Gasteiger partial charge is 0.269 e. The number of non-ortho nitro benzene ring substituents is 1. The molecule has 0 aliphatic carbocycles. The average molecular weight is 385 g/mol. The van der Waals surface area contributed by atoms with Crippen LogP contribution in [0.1, 0.15) is 23.2 Å². The lowest BCUT2D eigenvalue weighted by Crippen LogP contribution is -3.00. The molecule has 0 aromatic heterocycles. The van der Waals surface area contributed by atoms with Gasteiger partial charge in [-0.05, 0) is 18.1 Å². The maximum atomic E-state index is 12.5. The molecular formula is C16H21BrN2O4. The Morgan fingerprint density at radius 2 is 1.87 bits per heavy atom. The number of nitro groups is 1. The van der Waals surface area contributed by atoms with Gasteiger partial charge in [0, 0.05) is 36.5 Å². The van der Waals surface area contributed by atoms with Crippen LogP contribution < -0.4 is 17.0 Å². The minimum absolute atomic E-state index is 0. The zero-order chi connectivity index (χ0) is 15.7. The lowest BCUT2D eigenvalue weighted by Gasteiger charge is -2.52. The molecule has 0 spiro atoms. The molecule has 3 aliphatic heterocycles. The molecule has 3 aliphatic rings. The van der Waals surface area contributed by atoms with Gasteiger partial charge in [0.05, 0.1) is 31.2 Å². The van der Waals surface area contributed by atoms with E-state index in [0.717, 1.165) is 37.0 Å². The molecule has 0 saturated carbocycles. The van der Waals surface area contributed by atoms with Crippen molar-refractivity contribution < 1.29 is 36.3 Å². The van der Waals surface area contributed by atoms with Gasteiger partial charge in [0.2, 0.25) is 5.78 Å². The third kappa shape index (κ3) is 3.62. The summed E-state index contributed by atoms with van der Waals surface area (Å²) in [6.07, 6.45) is 2.16. The van der Waals surface area contributed by atoms with Crippen LogP contribution in [0, 0.1) is 22.0 Å². The van der Waals surface area contributed by atoms with Crippen molar-refractivity contribution in [2.24, 2.45) is 11.8 Å². The maximum Gasteiger partial charge on any atom is 0.269 e. The molecule has 1 N–H and O–H groups in total. The molecule has 3 heterocycles. The van der Waals surface area contributed by atoms with Crippen molar-refractivity contribution in [2.45, 2.75) is 12.8 Å². The number of rotatable bonds is 5. The fraction of sp³-hybridized carbons (Fsp3) is 0.562. The Kier molecular flexibility index (Phi) is 5.54. The largest absolute Gasteiger partial charge is 1.00 e. The standard InChI is InChI=1S/C16H21N2O4.BrH/c19-11-14-9-18(7-5-12(14)6-8-18)10-16(20)13-1-3-15(4-2-13)17(21)22;/h1-4,12,14,19H,5-11H2;1H/q+1;/p-1. The van der Waals surface area contributed by atoms with E-state index in [4.69, 9.17) is 0 Å². The van der Waals surface area contributed by atoms with Crippen LogP contribution in [0.25, 0.3) is 0 Å². The van der Waals surface area contributed by atoms with Crippen molar-refractivity contribution in [3.63, 3.8) is 0 Å². The van der Waals surface area contributed by atoms with Crippen LogP contribution >= 0.6 is 0 Å². The van der Waals surface area contributed by atoms with Gasteiger partial charge in [-0.3, -0.25) is 14.9 Å². The van der Waals surface area contributed by atoms with Crippen LogP contribution in [-0.2, 0) is 0 Å². The Bertz CT molecular complexity index is 582. The predicted molar refractivity (Wildman–Crippen MR) is 80.5 cm³/mol. The van der Waals surface area contributed by atoms with Crippen molar-refractivity contribution >= 4 is 11.5 Å². The van der Waals surface area contributed by atoms with Crippen LogP contribution in [0.4, 0.5) is 5.69 Å². The highest BCUT2D eigenvalue weighted by Crippen LogP contribution is 2.37. The van der Waals surface area contributed by atoms with E-state index >= 15 is 0 Å². The number of carbonyl (C=O) groups excluding carboxylic acids is 1. The number of carbonyl (C=O) groups is 1. The first-order valence-corrected chi connectivity index (χ1v) is 7.77. The van der Waals surface area contributed by atoms with E-state index in [1.54, 1.807) is 12.1 Å². The fourth-order valence-corrected chi connectivity index (χ4v) is 4.03. The van der Waals surface area contributed by atoms with Gasteiger partial charge in [-0.1, -0.05) is 0 Å². The molecule has 0 radical (unpaired) electrons. The summed E-state index contributed by atoms with van der Waals surface area (Å²) in [5.41, 5.74) is 0.536. The second-order valence-electron chi connectivity index (χ2n) is 6.64. The second kappa shape index (κ2) is 7.07. The van der Waals surface area contributed by atoms with Crippen molar-refractivity contribution in [2.75, 3.05) is 32.8 Å². The van der Waals surface area contributed by atoms with E-state index in [9.17, 15) is 20.0 Å². The van der Waals surface area contributed by atoms with Crippen LogP contribution in [0.5, 0.6) is 0 Å². The molecule has 3 fully saturated rings. The molecule has 23 heavy (non-hydrogen) atoms. The fourth-order valence-electron chi connectivity index (χ4n) is 4.03. The number of quaternary nitrogens is 1. The lowest BCUT2D eigenvalue weighted by atomic mass is 9.77. The molecular weight excluding hydrogens is 364 g/mol. The van der Waals surface area contributed by atoms with Crippen LogP contribution in [0.2, 0.25) is 0 Å². The molecule has 1 unspecified atom stereocenters. The highest BCUT2D eigenvalue weighted by molar-refractivity contribution is 5.97. The predicted octanol–water partition coefficient (Wildman–Crippen LogP) is -1.37. The molecule has 6 nitrogen and oxygen atoms in total. The number of aliphatic hydroxyl groups excluding tert-OH is 1. The summed E-state index contributed by atoms with van der Waals surface area (Å²) in [6, 6.07) is 5.84. The van der Waals surface area contributed by atoms with E-state index in [1.807, 2.05) is 0 Å². The first-order valence-electron chi connectivity index (χ1n) is 7.77. The van der Waals surface area contributed by atoms with E-state index in [1.165, 1.54) is 12.1 Å². The Balaban J connectivity index is 0.00000192. The molecule has 3 saturated heterocycles. The number of hydrogen-bond donors (Lipinski definition) is 1. The molecule has 1 aromatic rings. The first kappa shape index (κ1) is 18.0. The third-order valence-corrected chi connectivity index (χ3v) is 5.35. The topological polar surface area (TPSA) is 80.4 Å². The summed E-state index contributed by atoms with van der Waals surface area (Å²) in [7, 11) is 0. The highest BCUT2D eigenvalue weighted by Gasteiger charge is 2.46. The summed E-state index contributed by atoms with van der Waals surface area (Å²) in [6.45, 7) is 3.51. The monoisotopic (exact) mass is 384 g/mol. The number of halogens is 1. The number of aliphatic hydroxyl groups is 1. The zero-order valence-corrected chi connectivity index (χ0v) is 14.4. The quantitative estimate of drug-likeness (QED) is 0.294. The number of hydrogen-bond acceptors (Lipinski definition) is 4. The van der Waals surface area contributed by atoms with Crippen molar-refractivity contribution in [3.8, 4) is 0 Å². The number of piperidine rings is 3. The Morgan fingerprint density at radius 3 is 2.39 bits per heavy atom. The number of fused-ring (bicyclic) bond motifs is 3. The molecule has 4 rings (SSSR count). The molecule has 7 heteroatoms. The van der Waals surface area contributed by atoms with E-state index in [-0.39, 0.29) is 35.1 Å². The van der Waals surface area contributed by atoms with Crippen molar-refractivity contribution in [1.82, 2.24) is 0 Å². The zero-order valence-electron chi connectivity index (χ0n) is 12.9. The maximum absolute atomic E-state index is 12.5. The molecule has 1 aromatic carbocycles. The molecule has 0 amide bonds. The average Bonchev–Trinajstić information content (AvgIpc) is 2.55. The van der Waals surface area contributed by atoms with Crippen molar-refractivity contribution in [1.29, 1.82) is 0 Å². The van der Waals surface area contributed by atoms with Gasteiger partial charge in [-0.25, -0.2) is 0 Å². The Labute approximate surface area is 145 Å². The molecule has 2 bridgehead atoms. The number of Topliss-reactive ketones (excluding diaryl/α,β-unsaturated/α-hetero) is 1. The Morgan fingerprint density at radius 1 is 1.26 bits per heavy atom. The number of nitro benzene ring substituents is 1. The SMILES string of the molecule is O=C(C[N+]12CCC(CC1)C(CO)C2)c1ccc([N+](=O)[O-])cc1.[Br-]. The normalized spacial score (nSPS) is 28.9. The van der Waals surface area contributed by atoms with Gasteiger partial charge in [0.15, 0.2) is 0 Å². The van der Waals surface area contributed by atoms with E-state index in [0.29, 0.717) is 23.9 Å². The summed E-state index contributed by atoms with van der Waals surface area (Å²) < 4.78 is 0.761. The minimum Gasteiger partial charge on any atom is -1.00 e. The van der Waals surface area contributed by atoms with Crippen LogP contribution in [0.15, 0.2) is 24.3 Å². The summed E-state index contributed by atoms with van der Waals surface area (Å²) in [4.78, 5) is 22.7. The van der Waals surface area contributed by atoms with Crippen LogP contribution in [-0.4, -0.2) is 53.1 Å². The van der Waals surface area contributed by atoms with Gasteiger partial charge in [0.1, 0.15) is 6.54 Å². The van der Waals surface area contributed by atoms with Gasteiger partial charge in [-0.15, -0.1) is 0 Å². The van der Waals surface area contributed by atoms with Gasteiger partial charge in [0.25, 0.3) is 5.69 Å². The summed E-state index contributed by atoms with van der Waals surface area (Å²) in [5, 5.41) is 20.2. The number of benzene rings is 1. The first-order chi connectivity index (χ1) is 10.5. The third-order valence-electron chi connectivity index (χ3n) is 5.35. The second-order valence-corrected chi connectivity index (χ2v) is 6.64. The van der Waals surface area contributed by atoms with Gasteiger partial charge in [-0.2, -0.15) is 0 Å². The minimum atomic E-state index is -0.461. The molecule has 126 valence electrons. The number of nitrogens with zero attached hydrogens (tertiary/aromatic N) is 2. The van der Waals surface area contributed by atoms with E-state index in [2.05, 4.69) is 0 Å². The Hall–Kier alpha value is -1.31. The van der Waals surface area contributed by atoms with Gasteiger partial charge < -0.3 is 26.6 Å². The van der Waals surface area contributed by atoms with Crippen molar-refractivity contribution in [3.05, 3.63) is 39.9 Å². The van der Waals surface area contributed by atoms with E-state index < -0.39 is 4.92 Å². The van der Waals surface area contributed by atoms with Crippen LogP contribution in [0.3, 0.4) is 0 Å². The van der Waals surface area contributed by atoms with Gasteiger partial charge >= 0.3 is 0 Å². The highest BCUT2D eigenvalue weighted by atomic mass is 79.9. The lowest BCUT2D eigenvalue weighted by molar-refractivity contribution is -0.939. The summed E-state index contributed by atoms with van der Waals surface area (Å²) >= 11 is 0. The molecule has 1 atom stereocenters. The summed E-state index contributed by atoms with van der Waals surface area (Å²) in [5.74, 6) is 0.957.